The number of nitrogens with zero attached hydrogens (tertiary/aromatic N) is 2. The first-order valence-electron chi connectivity index (χ1n) is 6.79. The molecular formula is C14H21N3O2. The van der Waals surface area contributed by atoms with Gasteiger partial charge in [0.15, 0.2) is 0 Å². The van der Waals surface area contributed by atoms with Crippen LogP contribution in [-0.4, -0.2) is 35.6 Å². The zero-order valence-electron chi connectivity index (χ0n) is 11.5. The highest BCUT2D eigenvalue weighted by Crippen LogP contribution is 2.26. The Morgan fingerprint density at radius 3 is 3.00 bits per heavy atom. The number of amides is 1. The van der Waals surface area contributed by atoms with E-state index in [1.807, 2.05) is 19.1 Å². The van der Waals surface area contributed by atoms with Gasteiger partial charge in [0.2, 0.25) is 5.91 Å². The second-order valence-corrected chi connectivity index (χ2v) is 4.83. The van der Waals surface area contributed by atoms with E-state index in [0.717, 1.165) is 25.1 Å². The minimum atomic E-state index is -0.512. The van der Waals surface area contributed by atoms with Crippen molar-refractivity contribution in [2.24, 2.45) is 0 Å². The summed E-state index contributed by atoms with van der Waals surface area (Å²) in [6.07, 6.45) is 3.77. The van der Waals surface area contributed by atoms with Crippen molar-refractivity contribution in [2.75, 3.05) is 18.5 Å². The molecule has 1 amide bonds. The lowest BCUT2D eigenvalue weighted by Gasteiger charge is -2.25. The second kappa shape index (κ2) is 6.02. The summed E-state index contributed by atoms with van der Waals surface area (Å²) >= 11 is 0. The third kappa shape index (κ3) is 2.87. The first-order valence-corrected chi connectivity index (χ1v) is 6.79. The molecule has 2 atom stereocenters. The van der Waals surface area contributed by atoms with Crippen LogP contribution in [0, 0.1) is 0 Å². The maximum Gasteiger partial charge on any atom is 0.242 e. The predicted octanol–water partition coefficient (Wildman–Crippen LogP) is 1.24. The van der Waals surface area contributed by atoms with E-state index < -0.39 is 6.10 Å². The zero-order valence-corrected chi connectivity index (χ0v) is 11.5. The lowest BCUT2D eigenvalue weighted by molar-refractivity contribution is -0.121. The molecule has 5 nitrogen and oxygen atoms in total. The van der Waals surface area contributed by atoms with Crippen molar-refractivity contribution in [3.63, 3.8) is 0 Å². The molecule has 2 heterocycles. The molecule has 0 aliphatic carbocycles. The van der Waals surface area contributed by atoms with Crippen molar-refractivity contribution >= 4 is 11.6 Å². The summed E-state index contributed by atoms with van der Waals surface area (Å²) in [5.74, 6) is 0.0511. The van der Waals surface area contributed by atoms with E-state index in [1.54, 1.807) is 13.2 Å². The summed E-state index contributed by atoms with van der Waals surface area (Å²) < 4.78 is 0. The SMILES string of the molecule is CCC(O)c1ccc(N2CCCC2C(=O)NC)cn1. The normalized spacial score (nSPS) is 20.4. The van der Waals surface area contributed by atoms with E-state index in [9.17, 15) is 9.90 Å². The van der Waals surface area contributed by atoms with Gasteiger partial charge >= 0.3 is 0 Å². The van der Waals surface area contributed by atoms with Gasteiger partial charge in [0.1, 0.15) is 6.04 Å². The number of nitrogens with one attached hydrogen (secondary N) is 1. The van der Waals surface area contributed by atoms with E-state index in [-0.39, 0.29) is 11.9 Å². The number of anilines is 1. The van der Waals surface area contributed by atoms with Crippen LogP contribution in [0.15, 0.2) is 18.3 Å². The Hall–Kier alpha value is -1.62. The van der Waals surface area contributed by atoms with Crippen LogP contribution in [0.5, 0.6) is 0 Å². The monoisotopic (exact) mass is 263 g/mol. The van der Waals surface area contributed by atoms with Crippen molar-refractivity contribution in [3.05, 3.63) is 24.0 Å². The molecule has 5 heteroatoms. The molecule has 1 saturated heterocycles. The smallest absolute Gasteiger partial charge is 0.242 e. The van der Waals surface area contributed by atoms with E-state index >= 15 is 0 Å². The molecule has 1 fully saturated rings. The van der Waals surface area contributed by atoms with Gasteiger partial charge in [-0.25, -0.2) is 0 Å². The summed E-state index contributed by atoms with van der Waals surface area (Å²) in [6, 6.07) is 3.67. The highest BCUT2D eigenvalue weighted by Gasteiger charge is 2.30. The fourth-order valence-electron chi connectivity index (χ4n) is 2.49. The maximum atomic E-state index is 11.8. The Labute approximate surface area is 113 Å². The Kier molecular flexibility index (Phi) is 4.37. The van der Waals surface area contributed by atoms with Gasteiger partial charge in [0.05, 0.1) is 23.7 Å². The third-order valence-electron chi connectivity index (χ3n) is 3.63. The van der Waals surface area contributed by atoms with Crippen LogP contribution >= 0.6 is 0 Å². The first kappa shape index (κ1) is 13.8. The standard InChI is InChI=1S/C14H21N3O2/c1-3-13(18)11-7-6-10(9-16-11)17-8-4-5-12(17)14(19)15-2/h6-7,9,12-13,18H,3-5,8H2,1-2H3,(H,15,19). The molecule has 104 valence electrons. The van der Waals surface area contributed by atoms with E-state index in [1.165, 1.54) is 0 Å². The molecule has 2 rings (SSSR count). The average Bonchev–Trinajstić information content (AvgIpc) is 2.95. The number of likely N-dealkylation sites (N-methyl/N-ethyl adjacent to an activating group) is 1. The minimum absolute atomic E-state index is 0.0511. The maximum absolute atomic E-state index is 11.8. The highest BCUT2D eigenvalue weighted by atomic mass is 16.3. The lowest BCUT2D eigenvalue weighted by atomic mass is 10.1. The molecule has 0 saturated carbocycles. The van der Waals surface area contributed by atoms with Crippen LogP contribution in [0.1, 0.15) is 38.0 Å². The van der Waals surface area contributed by atoms with Crippen molar-refractivity contribution in [3.8, 4) is 0 Å². The fraction of sp³-hybridized carbons (Fsp3) is 0.571. The molecule has 0 spiro atoms. The first-order chi connectivity index (χ1) is 9.17. The summed E-state index contributed by atoms with van der Waals surface area (Å²) in [7, 11) is 1.66. The van der Waals surface area contributed by atoms with Gasteiger partial charge in [-0.05, 0) is 31.4 Å². The Balaban J connectivity index is 2.15. The fourth-order valence-corrected chi connectivity index (χ4v) is 2.49. The molecule has 1 aromatic rings. The molecule has 0 aromatic carbocycles. The Morgan fingerprint density at radius 2 is 2.42 bits per heavy atom. The number of carbonyl (C=O) groups is 1. The van der Waals surface area contributed by atoms with Gasteiger partial charge in [-0.2, -0.15) is 0 Å². The highest BCUT2D eigenvalue weighted by molar-refractivity contribution is 5.85. The number of pyridine rings is 1. The number of aromatic nitrogens is 1. The Bertz CT molecular complexity index is 433. The van der Waals surface area contributed by atoms with Crippen molar-refractivity contribution in [1.29, 1.82) is 0 Å². The van der Waals surface area contributed by atoms with Crippen molar-refractivity contribution in [2.45, 2.75) is 38.3 Å². The van der Waals surface area contributed by atoms with Gasteiger partial charge in [-0.1, -0.05) is 6.92 Å². The number of carbonyl (C=O) groups excluding carboxylic acids is 1. The van der Waals surface area contributed by atoms with Crippen LogP contribution in [0.4, 0.5) is 5.69 Å². The number of aliphatic hydroxyl groups excluding tert-OH is 1. The number of aliphatic hydroxyl groups is 1. The molecule has 19 heavy (non-hydrogen) atoms. The summed E-state index contributed by atoms with van der Waals surface area (Å²) in [5, 5.41) is 12.4. The van der Waals surface area contributed by atoms with Crippen molar-refractivity contribution in [1.82, 2.24) is 10.3 Å². The summed E-state index contributed by atoms with van der Waals surface area (Å²) in [5.41, 5.74) is 1.63. The van der Waals surface area contributed by atoms with E-state index in [2.05, 4.69) is 15.2 Å². The third-order valence-corrected chi connectivity index (χ3v) is 3.63. The topological polar surface area (TPSA) is 65.5 Å². The summed E-state index contributed by atoms with van der Waals surface area (Å²) in [6.45, 7) is 2.79. The van der Waals surface area contributed by atoms with Crippen LogP contribution in [0.2, 0.25) is 0 Å². The number of rotatable bonds is 4. The molecule has 0 bridgehead atoms. The molecule has 0 radical (unpaired) electrons. The molecule has 1 aliphatic rings. The van der Waals surface area contributed by atoms with Crippen LogP contribution < -0.4 is 10.2 Å². The van der Waals surface area contributed by atoms with E-state index in [0.29, 0.717) is 12.1 Å². The molecule has 2 unspecified atom stereocenters. The molecule has 1 aliphatic heterocycles. The van der Waals surface area contributed by atoms with Gasteiger partial charge in [-0.3, -0.25) is 9.78 Å². The lowest BCUT2D eigenvalue weighted by Crippen LogP contribution is -2.42. The van der Waals surface area contributed by atoms with Gasteiger partial charge < -0.3 is 15.3 Å². The van der Waals surface area contributed by atoms with Gasteiger partial charge in [0, 0.05) is 13.6 Å². The Morgan fingerprint density at radius 1 is 1.63 bits per heavy atom. The second-order valence-electron chi connectivity index (χ2n) is 4.83. The van der Waals surface area contributed by atoms with Crippen LogP contribution in [0.25, 0.3) is 0 Å². The molecular weight excluding hydrogens is 242 g/mol. The predicted molar refractivity (Wildman–Crippen MR) is 73.9 cm³/mol. The van der Waals surface area contributed by atoms with Gasteiger partial charge in [-0.15, -0.1) is 0 Å². The quantitative estimate of drug-likeness (QED) is 0.858. The average molecular weight is 263 g/mol. The van der Waals surface area contributed by atoms with Crippen LogP contribution in [0.3, 0.4) is 0 Å². The van der Waals surface area contributed by atoms with E-state index in [4.69, 9.17) is 0 Å². The molecule has 2 N–H and O–H groups in total. The largest absolute Gasteiger partial charge is 0.387 e. The summed E-state index contributed by atoms with van der Waals surface area (Å²) in [4.78, 5) is 18.2. The number of hydrogen-bond acceptors (Lipinski definition) is 4. The van der Waals surface area contributed by atoms with Crippen molar-refractivity contribution < 1.29 is 9.90 Å². The number of hydrogen-bond donors (Lipinski definition) is 2. The molecule has 1 aromatic heterocycles. The van der Waals surface area contributed by atoms with Gasteiger partial charge in [0.25, 0.3) is 0 Å². The zero-order chi connectivity index (χ0) is 13.8. The van der Waals surface area contributed by atoms with Crippen LogP contribution in [-0.2, 0) is 4.79 Å². The minimum Gasteiger partial charge on any atom is -0.387 e.